The van der Waals surface area contributed by atoms with Gasteiger partial charge in [-0.15, -0.1) is 0 Å². The van der Waals surface area contributed by atoms with Crippen molar-refractivity contribution in [3.63, 3.8) is 0 Å². The summed E-state index contributed by atoms with van der Waals surface area (Å²) in [4.78, 5) is 22.7. The van der Waals surface area contributed by atoms with Crippen LogP contribution in [0.2, 0.25) is 0 Å². The highest BCUT2D eigenvalue weighted by Crippen LogP contribution is 2.45. The SMILES string of the molecule is O=C(NCC1(C(=O)O)CC1)c1ccc(CO)cc1. The minimum Gasteiger partial charge on any atom is -0.481 e. The molecule has 0 bridgehead atoms. The maximum atomic E-state index is 11.8. The van der Waals surface area contributed by atoms with Crippen LogP contribution in [0.3, 0.4) is 0 Å². The van der Waals surface area contributed by atoms with Crippen molar-refractivity contribution in [1.29, 1.82) is 0 Å². The maximum absolute atomic E-state index is 11.8. The summed E-state index contributed by atoms with van der Waals surface area (Å²) in [7, 11) is 0. The van der Waals surface area contributed by atoms with E-state index in [1.807, 2.05) is 0 Å². The molecule has 1 amide bonds. The normalized spacial score (nSPS) is 16.1. The second-order valence-corrected chi connectivity index (χ2v) is 4.62. The molecule has 1 saturated carbocycles. The van der Waals surface area contributed by atoms with Crippen LogP contribution in [0.15, 0.2) is 24.3 Å². The minimum atomic E-state index is -0.849. The number of carboxylic acids is 1. The summed E-state index contributed by atoms with van der Waals surface area (Å²) in [5.41, 5.74) is 0.449. The molecule has 1 aromatic carbocycles. The van der Waals surface area contributed by atoms with Crippen LogP contribution in [0.25, 0.3) is 0 Å². The Morgan fingerprint density at radius 2 is 1.83 bits per heavy atom. The highest BCUT2D eigenvalue weighted by molar-refractivity contribution is 5.94. The first-order chi connectivity index (χ1) is 8.57. The number of carbonyl (C=O) groups excluding carboxylic acids is 1. The largest absolute Gasteiger partial charge is 0.481 e. The summed E-state index contributed by atoms with van der Waals surface area (Å²) < 4.78 is 0. The van der Waals surface area contributed by atoms with Crippen LogP contribution in [-0.2, 0) is 11.4 Å². The molecule has 0 aliphatic heterocycles. The highest BCUT2D eigenvalue weighted by Gasteiger charge is 2.50. The zero-order chi connectivity index (χ0) is 13.2. The number of aliphatic carboxylic acids is 1. The number of benzene rings is 1. The Bertz CT molecular complexity index is 462. The van der Waals surface area contributed by atoms with E-state index in [9.17, 15) is 9.59 Å². The molecule has 1 aliphatic carbocycles. The van der Waals surface area contributed by atoms with Crippen molar-refractivity contribution in [3.05, 3.63) is 35.4 Å². The number of carbonyl (C=O) groups is 2. The van der Waals surface area contributed by atoms with Gasteiger partial charge in [-0.05, 0) is 30.5 Å². The average Bonchev–Trinajstić information content (AvgIpc) is 3.17. The summed E-state index contributed by atoms with van der Waals surface area (Å²) in [6.07, 6.45) is 1.23. The Morgan fingerprint density at radius 1 is 1.22 bits per heavy atom. The molecular weight excluding hydrogens is 234 g/mol. The molecule has 0 unspecified atom stereocenters. The molecule has 0 saturated heterocycles. The van der Waals surface area contributed by atoms with Gasteiger partial charge in [-0.25, -0.2) is 0 Å². The third-order valence-corrected chi connectivity index (χ3v) is 3.29. The van der Waals surface area contributed by atoms with Crippen molar-refractivity contribution < 1.29 is 19.8 Å². The van der Waals surface area contributed by atoms with Crippen molar-refractivity contribution >= 4 is 11.9 Å². The van der Waals surface area contributed by atoms with Gasteiger partial charge in [-0.1, -0.05) is 12.1 Å². The van der Waals surface area contributed by atoms with Crippen molar-refractivity contribution in [3.8, 4) is 0 Å². The van der Waals surface area contributed by atoms with Crippen LogP contribution in [0.5, 0.6) is 0 Å². The van der Waals surface area contributed by atoms with E-state index in [0.29, 0.717) is 18.4 Å². The number of nitrogens with one attached hydrogen (secondary N) is 1. The molecule has 96 valence electrons. The number of aliphatic hydroxyl groups excluding tert-OH is 1. The minimum absolute atomic E-state index is 0.0655. The zero-order valence-corrected chi connectivity index (χ0v) is 9.85. The van der Waals surface area contributed by atoms with E-state index in [2.05, 4.69) is 5.32 Å². The van der Waals surface area contributed by atoms with Gasteiger partial charge < -0.3 is 15.5 Å². The number of aliphatic hydroxyl groups is 1. The van der Waals surface area contributed by atoms with Gasteiger partial charge in [0.2, 0.25) is 0 Å². The van der Waals surface area contributed by atoms with Crippen molar-refractivity contribution in [2.75, 3.05) is 6.54 Å². The fraction of sp³-hybridized carbons (Fsp3) is 0.385. The van der Waals surface area contributed by atoms with E-state index in [0.717, 1.165) is 5.56 Å². The molecule has 5 nitrogen and oxygen atoms in total. The van der Waals surface area contributed by atoms with Crippen LogP contribution in [0, 0.1) is 5.41 Å². The fourth-order valence-electron chi connectivity index (χ4n) is 1.73. The second kappa shape index (κ2) is 4.78. The fourth-order valence-corrected chi connectivity index (χ4v) is 1.73. The molecule has 2 rings (SSSR count). The lowest BCUT2D eigenvalue weighted by molar-refractivity contribution is -0.143. The summed E-state index contributed by atoms with van der Waals surface area (Å²) in [6.45, 7) is 0.104. The monoisotopic (exact) mass is 249 g/mol. The highest BCUT2D eigenvalue weighted by atomic mass is 16.4. The average molecular weight is 249 g/mol. The topological polar surface area (TPSA) is 86.6 Å². The van der Waals surface area contributed by atoms with Gasteiger partial charge in [-0.2, -0.15) is 0 Å². The van der Waals surface area contributed by atoms with Crippen molar-refractivity contribution in [2.45, 2.75) is 19.4 Å². The Labute approximate surface area is 104 Å². The van der Waals surface area contributed by atoms with E-state index in [4.69, 9.17) is 10.2 Å². The lowest BCUT2D eigenvalue weighted by atomic mass is 10.1. The van der Waals surface area contributed by atoms with Gasteiger partial charge in [0.25, 0.3) is 5.91 Å². The van der Waals surface area contributed by atoms with Crippen molar-refractivity contribution in [1.82, 2.24) is 5.32 Å². The van der Waals surface area contributed by atoms with Gasteiger partial charge >= 0.3 is 5.97 Å². The van der Waals surface area contributed by atoms with E-state index in [1.54, 1.807) is 24.3 Å². The molecule has 0 spiro atoms. The summed E-state index contributed by atoms with van der Waals surface area (Å²) in [5, 5.41) is 20.5. The molecular formula is C13H15NO4. The third-order valence-electron chi connectivity index (χ3n) is 3.29. The van der Waals surface area contributed by atoms with Gasteiger partial charge in [0.15, 0.2) is 0 Å². The molecule has 1 aromatic rings. The molecule has 1 aliphatic rings. The van der Waals surface area contributed by atoms with Gasteiger partial charge in [0, 0.05) is 12.1 Å². The molecule has 0 heterocycles. The number of rotatable bonds is 5. The summed E-state index contributed by atoms with van der Waals surface area (Å²) in [5.74, 6) is -1.13. The maximum Gasteiger partial charge on any atom is 0.311 e. The number of hydrogen-bond acceptors (Lipinski definition) is 3. The number of carboxylic acid groups (broad SMARTS) is 1. The first-order valence-electron chi connectivity index (χ1n) is 5.79. The third kappa shape index (κ3) is 2.51. The van der Waals surface area contributed by atoms with E-state index in [1.165, 1.54) is 0 Å². The van der Waals surface area contributed by atoms with E-state index in [-0.39, 0.29) is 19.1 Å². The molecule has 5 heteroatoms. The van der Waals surface area contributed by atoms with Crippen LogP contribution in [-0.4, -0.2) is 28.6 Å². The molecule has 0 aromatic heterocycles. The predicted octanol–water partition coefficient (Wildman–Crippen LogP) is 0.773. The number of hydrogen-bond donors (Lipinski definition) is 3. The predicted molar refractivity (Wildman–Crippen MR) is 64.0 cm³/mol. The zero-order valence-electron chi connectivity index (χ0n) is 9.85. The Hall–Kier alpha value is -1.88. The van der Waals surface area contributed by atoms with Gasteiger partial charge in [0.1, 0.15) is 0 Å². The van der Waals surface area contributed by atoms with Gasteiger partial charge in [0.05, 0.1) is 12.0 Å². The molecule has 18 heavy (non-hydrogen) atoms. The smallest absolute Gasteiger partial charge is 0.311 e. The Morgan fingerprint density at radius 3 is 2.28 bits per heavy atom. The Kier molecular flexibility index (Phi) is 3.34. The summed E-state index contributed by atoms with van der Waals surface area (Å²) in [6, 6.07) is 6.56. The first-order valence-corrected chi connectivity index (χ1v) is 5.79. The van der Waals surface area contributed by atoms with Crippen molar-refractivity contribution in [2.24, 2.45) is 5.41 Å². The van der Waals surface area contributed by atoms with Crippen LogP contribution in [0.4, 0.5) is 0 Å². The van der Waals surface area contributed by atoms with Crippen LogP contribution in [0.1, 0.15) is 28.8 Å². The summed E-state index contributed by atoms with van der Waals surface area (Å²) >= 11 is 0. The standard InChI is InChI=1S/C13H15NO4/c15-7-9-1-3-10(4-2-9)11(16)14-8-13(5-6-13)12(17)18/h1-4,15H,5-8H2,(H,14,16)(H,17,18). The molecule has 1 fully saturated rings. The van der Waals surface area contributed by atoms with E-state index >= 15 is 0 Å². The van der Waals surface area contributed by atoms with Crippen LogP contribution >= 0.6 is 0 Å². The lowest BCUT2D eigenvalue weighted by Gasteiger charge is -2.11. The number of amides is 1. The van der Waals surface area contributed by atoms with Gasteiger partial charge in [-0.3, -0.25) is 9.59 Å². The molecule has 0 radical (unpaired) electrons. The van der Waals surface area contributed by atoms with E-state index < -0.39 is 11.4 Å². The second-order valence-electron chi connectivity index (χ2n) is 4.62. The quantitative estimate of drug-likeness (QED) is 0.719. The first kappa shape index (κ1) is 12.6. The molecule has 0 atom stereocenters. The molecule has 3 N–H and O–H groups in total. The Balaban J connectivity index is 1.93. The van der Waals surface area contributed by atoms with Crippen LogP contribution < -0.4 is 5.32 Å². The lowest BCUT2D eigenvalue weighted by Crippen LogP contribution is -2.34.